The van der Waals surface area contributed by atoms with E-state index in [1.54, 1.807) is 26.4 Å². The number of rotatable bonds is 11. The Hall–Kier alpha value is -4.28. The van der Waals surface area contributed by atoms with Crippen LogP contribution in [0.25, 0.3) is 11.4 Å². The highest BCUT2D eigenvalue weighted by Crippen LogP contribution is 2.36. The van der Waals surface area contributed by atoms with E-state index in [4.69, 9.17) is 14.0 Å². The molecule has 11 nitrogen and oxygen atoms in total. The van der Waals surface area contributed by atoms with Gasteiger partial charge in [0.2, 0.25) is 17.6 Å². The molecule has 182 valence electrons. The summed E-state index contributed by atoms with van der Waals surface area (Å²) in [6, 6.07) is 5.40. The summed E-state index contributed by atoms with van der Waals surface area (Å²) in [5.74, 6) is 1.62. The molecule has 2 aliphatic rings. The SMILES string of the molecule is COc1cccc(-c2noc(CCC(=O)NCCCNC3=C4C=CC=CC4C(=O)N=N3)n2)c1OC. The van der Waals surface area contributed by atoms with Crippen molar-refractivity contribution in [2.75, 3.05) is 27.3 Å². The van der Waals surface area contributed by atoms with Gasteiger partial charge in [-0.2, -0.15) is 4.98 Å². The van der Waals surface area contributed by atoms with Crippen molar-refractivity contribution in [1.29, 1.82) is 0 Å². The minimum Gasteiger partial charge on any atom is -0.493 e. The molecule has 0 radical (unpaired) electrons. The summed E-state index contributed by atoms with van der Waals surface area (Å²) in [4.78, 5) is 28.4. The third-order valence-electron chi connectivity index (χ3n) is 5.46. The summed E-state index contributed by atoms with van der Waals surface area (Å²) in [5.41, 5.74) is 1.45. The van der Waals surface area contributed by atoms with E-state index < -0.39 is 0 Å². The van der Waals surface area contributed by atoms with E-state index in [1.807, 2.05) is 30.4 Å². The maximum absolute atomic E-state index is 12.2. The van der Waals surface area contributed by atoms with E-state index in [0.29, 0.717) is 60.5 Å². The van der Waals surface area contributed by atoms with Crippen molar-refractivity contribution in [2.24, 2.45) is 16.1 Å². The maximum Gasteiger partial charge on any atom is 0.276 e. The van der Waals surface area contributed by atoms with Crippen LogP contribution >= 0.6 is 0 Å². The number of aryl methyl sites for hydroxylation is 1. The lowest BCUT2D eigenvalue weighted by atomic mass is 9.93. The summed E-state index contributed by atoms with van der Waals surface area (Å²) in [5, 5.41) is 17.7. The Balaban J connectivity index is 1.20. The van der Waals surface area contributed by atoms with E-state index in [1.165, 1.54) is 0 Å². The van der Waals surface area contributed by atoms with Gasteiger partial charge in [0.1, 0.15) is 0 Å². The molecule has 2 aromatic rings. The molecule has 1 aromatic heterocycles. The highest BCUT2D eigenvalue weighted by atomic mass is 16.5. The molecule has 1 aromatic carbocycles. The fourth-order valence-corrected chi connectivity index (χ4v) is 3.70. The van der Waals surface area contributed by atoms with Gasteiger partial charge < -0.3 is 24.6 Å². The van der Waals surface area contributed by atoms with Crippen molar-refractivity contribution < 1.29 is 23.6 Å². The first-order valence-electron chi connectivity index (χ1n) is 11.2. The molecule has 1 aliphatic heterocycles. The van der Waals surface area contributed by atoms with Crippen LogP contribution in [0.3, 0.4) is 0 Å². The number of methoxy groups -OCH3 is 2. The average Bonchev–Trinajstić information content (AvgIpc) is 3.37. The van der Waals surface area contributed by atoms with E-state index >= 15 is 0 Å². The number of nitrogens with one attached hydrogen (secondary N) is 2. The van der Waals surface area contributed by atoms with Gasteiger partial charge in [-0.1, -0.05) is 35.5 Å². The zero-order valence-electron chi connectivity index (χ0n) is 19.5. The van der Waals surface area contributed by atoms with Gasteiger partial charge >= 0.3 is 0 Å². The van der Waals surface area contributed by atoms with Crippen LogP contribution in [0.15, 0.2) is 68.6 Å². The summed E-state index contributed by atoms with van der Waals surface area (Å²) in [6.45, 7) is 1.06. The third-order valence-corrected chi connectivity index (χ3v) is 5.46. The predicted octanol–water partition coefficient (Wildman–Crippen LogP) is 2.73. The second kappa shape index (κ2) is 11.2. The van der Waals surface area contributed by atoms with Crippen LogP contribution in [0.2, 0.25) is 0 Å². The largest absolute Gasteiger partial charge is 0.493 e. The number of benzene rings is 1. The molecular weight excluding hydrogens is 452 g/mol. The minimum atomic E-state index is -0.380. The quantitative estimate of drug-likeness (QED) is 0.470. The first-order chi connectivity index (χ1) is 17.1. The van der Waals surface area contributed by atoms with Gasteiger partial charge in [-0.05, 0) is 18.6 Å². The molecule has 4 rings (SSSR count). The molecular formula is C24H26N6O5. The van der Waals surface area contributed by atoms with Crippen molar-refractivity contribution in [3.8, 4) is 22.9 Å². The molecule has 35 heavy (non-hydrogen) atoms. The maximum atomic E-state index is 12.2. The summed E-state index contributed by atoms with van der Waals surface area (Å²) in [6.07, 6.45) is 8.56. The number of para-hydroxylation sites is 1. The normalized spacial score (nSPS) is 16.3. The van der Waals surface area contributed by atoms with E-state index in [2.05, 4.69) is 31.0 Å². The minimum absolute atomic E-state index is 0.117. The first-order valence-corrected chi connectivity index (χ1v) is 11.2. The second-order valence-electron chi connectivity index (χ2n) is 7.75. The standard InChI is InChI=1S/C24H26N6O5/c1-33-18-10-5-9-17(21(18)34-2)23-27-20(35-30-23)12-11-19(31)25-13-6-14-26-22-15-7-3-4-8-16(15)24(32)29-28-22/h3-5,7-10,16,26H,6,11-14H2,1-2H3,(H,25,31). The van der Waals surface area contributed by atoms with E-state index in [-0.39, 0.29) is 24.2 Å². The Labute approximate surface area is 202 Å². The highest BCUT2D eigenvalue weighted by molar-refractivity contribution is 5.86. The Kier molecular flexibility index (Phi) is 7.66. The van der Waals surface area contributed by atoms with Crippen LogP contribution in [0, 0.1) is 5.92 Å². The zero-order chi connectivity index (χ0) is 24.6. The van der Waals surface area contributed by atoms with Gasteiger partial charge in [-0.3, -0.25) is 9.59 Å². The smallest absolute Gasteiger partial charge is 0.276 e. The van der Waals surface area contributed by atoms with Crippen LogP contribution < -0.4 is 20.1 Å². The van der Waals surface area contributed by atoms with Crippen LogP contribution in [-0.4, -0.2) is 49.3 Å². The number of aromatic nitrogens is 2. The molecule has 0 bridgehead atoms. The van der Waals surface area contributed by atoms with Crippen molar-refractivity contribution >= 4 is 11.8 Å². The lowest BCUT2D eigenvalue weighted by Crippen LogP contribution is -2.28. The lowest BCUT2D eigenvalue weighted by Gasteiger charge is -2.20. The Morgan fingerprint density at radius 1 is 1.14 bits per heavy atom. The van der Waals surface area contributed by atoms with Crippen LogP contribution in [-0.2, 0) is 16.0 Å². The predicted molar refractivity (Wildman–Crippen MR) is 125 cm³/mol. The Morgan fingerprint density at radius 2 is 2.03 bits per heavy atom. The number of hydrogen-bond acceptors (Lipinski definition) is 9. The third kappa shape index (κ3) is 5.62. The number of nitrogens with zero attached hydrogens (tertiary/aromatic N) is 4. The van der Waals surface area contributed by atoms with E-state index in [0.717, 1.165) is 5.57 Å². The molecule has 1 unspecified atom stereocenters. The summed E-state index contributed by atoms with van der Waals surface area (Å²) >= 11 is 0. The fraction of sp³-hybridized carbons (Fsp3) is 0.333. The van der Waals surface area contributed by atoms with Gasteiger partial charge in [0, 0.05) is 31.5 Å². The zero-order valence-corrected chi connectivity index (χ0v) is 19.5. The van der Waals surface area contributed by atoms with E-state index in [9.17, 15) is 9.59 Å². The van der Waals surface area contributed by atoms with Crippen molar-refractivity contribution in [3.05, 3.63) is 59.8 Å². The molecule has 1 aliphatic carbocycles. The molecule has 0 fully saturated rings. The second-order valence-corrected chi connectivity index (χ2v) is 7.75. The molecule has 2 N–H and O–H groups in total. The highest BCUT2D eigenvalue weighted by Gasteiger charge is 2.27. The van der Waals surface area contributed by atoms with Gasteiger partial charge in [-0.25, -0.2) is 0 Å². The van der Waals surface area contributed by atoms with Crippen molar-refractivity contribution in [2.45, 2.75) is 19.3 Å². The number of hydrogen-bond donors (Lipinski definition) is 2. The molecule has 11 heteroatoms. The number of fused-ring (bicyclic) bond motifs is 1. The number of carbonyl (C=O) groups is 2. The molecule has 2 heterocycles. The summed E-state index contributed by atoms with van der Waals surface area (Å²) in [7, 11) is 3.10. The molecule has 0 saturated heterocycles. The van der Waals surface area contributed by atoms with Crippen LogP contribution in [0.4, 0.5) is 0 Å². The molecule has 0 saturated carbocycles. The van der Waals surface area contributed by atoms with Gasteiger partial charge in [0.15, 0.2) is 17.3 Å². The number of azo groups is 1. The lowest BCUT2D eigenvalue weighted by molar-refractivity contribution is -0.121. The number of allylic oxidation sites excluding steroid dienone is 3. The van der Waals surface area contributed by atoms with Crippen molar-refractivity contribution in [3.63, 3.8) is 0 Å². The van der Waals surface area contributed by atoms with Crippen LogP contribution in [0.1, 0.15) is 18.7 Å². The summed E-state index contributed by atoms with van der Waals surface area (Å²) < 4.78 is 16.0. The monoisotopic (exact) mass is 478 g/mol. The first kappa shape index (κ1) is 23.9. The topological polar surface area (TPSA) is 140 Å². The number of ether oxygens (including phenoxy) is 2. The Morgan fingerprint density at radius 3 is 2.86 bits per heavy atom. The van der Waals surface area contributed by atoms with Gasteiger partial charge in [0.25, 0.3) is 5.91 Å². The number of amides is 2. The number of carbonyl (C=O) groups excluding carboxylic acids is 2. The van der Waals surface area contributed by atoms with Gasteiger partial charge in [-0.15, -0.1) is 10.2 Å². The molecule has 1 atom stereocenters. The Bertz CT molecular complexity index is 1210. The fourth-order valence-electron chi connectivity index (χ4n) is 3.70. The molecule has 2 amide bonds. The average molecular weight is 479 g/mol. The van der Waals surface area contributed by atoms with Gasteiger partial charge in [0.05, 0.1) is 25.7 Å². The van der Waals surface area contributed by atoms with Crippen LogP contribution in [0.5, 0.6) is 11.5 Å². The molecule has 0 spiro atoms. The van der Waals surface area contributed by atoms with Crippen molar-refractivity contribution in [1.82, 2.24) is 20.8 Å².